The number of allylic oxidation sites excluding steroid dienone is 3. The second-order valence-electron chi connectivity index (χ2n) is 13.2. The summed E-state index contributed by atoms with van der Waals surface area (Å²) < 4.78 is 36.7. The molecule has 4 aliphatic rings. The molecule has 0 saturated heterocycles. The van der Waals surface area contributed by atoms with E-state index in [2.05, 4.69) is 60.6 Å². The van der Waals surface area contributed by atoms with Gasteiger partial charge in [0.2, 0.25) is 0 Å². The van der Waals surface area contributed by atoms with Crippen LogP contribution in [-0.2, 0) is 14.6 Å². The van der Waals surface area contributed by atoms with Crippen LogP contribution >= 0.6 is 0 Å². The molecule has 4 aliphatic carbocycles. The summed E-state index contributed by atoms with van der Waals surface area (Å²) >= 11 is 0. The van der Waals surface area contributed by atoms with E-state index in [1.54, 1.807) is 5.57 Å². The Kier molecular flexibility index (Phi) is 7.25. The molecule has 3 saturated carbocycles. The van der Waals surface area contributed by atoms with Crippen LogP contribution in [0.1, 0.15) is 99.8 Å². The molecule has 0 heterocycles. The zero-order valence-corrected chi connectivity index (χ0v) is 23.3. The molecular weight excluding hydrogens is 444 g/mol. The Labute approximate surface area is 209 Å². The van der Waals surface area contributed by atoms with Gasteiger partial charge in [-0.3, -0.25) is 4.55 Å². The maximum atomic E-state index is 11.3. The van der Waals surface area contributed by atoms with Crippen molar-refractivity contribution in [3.63, 3.8) is 0 Å². The Morgan fingerprint density at radius 3 is 2.44 bits per heavy atom. The fourth-order valence-corrected chi connectivity index (χ4v) is 9.50. The summed E-state index contributed by atoms with van der Waals surface area (Å²) in [6.07, 6.45) is 13.3. The highest BCUT2D eigenvalue weighted by molar-refractivity contribution is 7.80. The van der Waals surface area contributed by atoms with Crippen LogP contribution in [-0.4, -0.2) is 19.1 Å². The molecule has 4 rings (SSSR count). The van der Waals surface area contributed by atoms with Gasteiger partial charge in [0.1, 0.15) is 0 Å². The monoisotopic (exact) mass is 492 g/mol. The molecule has 0 radical (unpaired) electrons. The van der Waals surface area contributed by atoms with Crippen LogP contribution in [0.15, 0.2) is 23.3 Å². The minimum Gasteiger partial charge on any atom is -0.264 e. The van der Waals surface area contributed by atoms with Gasteiger partial charge < -0.3 is 0 Å². The van der Waals surface area contributed by atoms with Crippen molar-refractivity contribution >= 4 is 10.4 Å². The molecule has 5 heteroatoms. The topological polar surface area (TPSA) is 63.6 Å². The average Bonchev–Trinajstić information content (AvgIpc) is 3.09. The van der Waals surface area contributed by atoms with E-state index in [0.29, 0.717) is 41.9 Å². The van der Waals surface area contributed by atoms with Gasteiger partial charge in [0.25, 0.3) is 0 Å². The second-order valence-corrected chi connectivity index (χ2v) is 14.2. The zero-order valence-electron chi connectivity index (χ0n) is 22.5. The summed E-state index contributed by atoms with van der Waals surface area (Å²) in [5.74, 6) is 4.94. The molecule has 194 valence electrons. The van der Waals surface area contributed by atoms with E-state index < -0.39 is 16.5 Å². The van der Waals surface area contributed by atoms with Crippen molar-refractivity contribution in [2.45, 2.75) is 106 Å². The fraction of sp³-hybridized carbons (Fsp3) is 0.862. The number of hydrogen-bond donors (Lipinski definition) is 1. The molecule has 0 aromatic carbocycles. The minimum atomic E-state index is -4.39. The summed E-state index contributed by atoms with van der Waals surface area (Å²) in [5, 5.41) is 0. The minimum absolute atomic E-state index is 0.149. The van der Waals surface area contributed by atoms with Gasteiger partial charge in [-0.15, -0.1) is 0 Å². The highest BCUT2D eigenvalue weighted by atomic mass is 32.3. The largest absolute Gasteiger partial charge is 0.397 e. The summed E-state index contributed by atoms with van der Waals surface area (Å²) in [6, 6.07) is 0. The molecule has 0 amide bonds. The van der Waals surface area contributed by atoms with E-state index in [0.717, 1.165) is 30.6 Å². The van der Waals surface area contributed by atoms with Crippen LogP contribution in [0, 0.1) is 52.3 Å². The first-order valence-electron chi connectivity index (χ1n) is 13.8. The summed E-state index contributed by atoms with van der Waals surface area (Å²) in [6.45, 7) is 16.9. The van der Waals surface area contributed by atoms with Crippen LogP contribution in [0.25, 0.3) is 0 Å². The molecule has 1 N–H and O–H groups in total. The molecule has 34 heavy (non-hydrogen) atoms. The van der Waals surface area contributed by atoms with Crippen molar-refractivity contribution in [2.24, 2.45) is 52.3 Å². The number of rotatable bonds is 6. The lowest BCUT2D eigenvalue weighted by atomic mass is 9.47. The normalized spacial score (nSPS) is 42.4. The molecule has 0 aromatic heterocycles. The van der Waals surface area contributed by atoms with E-state index in [9.17, 15) is 8.42 Å². The van der Waals surface area contributed by atoms with Crippen molar-refractivity contribution in [3.05, 3.63) is 23.3 Å². The zero-order chi connectivity index (χ0) is 25.1. The fourth-order valence-electron chi connectivity index (χ4n) is 8.99. The Bertz CT molecular complexity index is 934. The third-order valence-corrected chi connectivity index (χ3v) is 11.8. The van der Waals surface area contributed by atoms with E-state index >= 15 is 0 Å². The van der Waals surface area contributed by atoms with E-state index in [1.165, 1.54) is 31.3 Å². The molecule has 4 nitrogen and oxygen atoms in total. The highest BCUT2D eigenvalue weighted by Gasteiger charge is 2.59. The van der Waals surface area contributed by atoms with Crippen LogP contribution in [0.3, 0.4) is 0 Å². The standard InChI is InChI=1S/C29H48O4S/c1-18(2)21(5)19(3)16-20(4)25-10-11-26-24-9-8-22-17-23(33-34(30,31)32)12-14-28(22,6)27(24)13-15-29(25,26)7/h8,16,18,20-21,23-27H,9-15,17H2,1-7H3,(H,30,31,32)/b19-16+/t20-,21-,23+,24?,25-,26?,27?,28+,29-/m1/s1. The first-order chi connectivity index (χ1) is 15.8. The average molecular weight is 493 g/mol. The van der Waals surface area contributed by atoms with E-state index in [4.69, 9.17) is 8.74 Å². The van der Waals surface area contributed by atoms with Gasteiger partial charge in [0.05, 0.1) is 6.10 Å². The summed E-state index contributed by atoms with van der Waals surface area (Å²) in [4.78, 5) is 0. The smallest absolute Gasteiger partial charge is 0.264 e. The van der Waals surface area contributed by atoms with Gasteiger partial charge in [-0.05, 0) is 111 Å². The van der Waals surface area contributed by atoms with Gasteiger partial charge in [0, 0.05) is 0 Å². The van der Waals surface area contributed by atoms with E-state index in [1.807, 2.05) is 0 Å². The van der Waals surface area contributed by atoms with Gasteiger partial charge >= 0.3 is 10.4 Å². The van der Waals surface area contributed by atoms with Crippen molar-refractivity contribution in [1.82, 2.24) is 0 Å². The Morgan fingerprint density at radius 1 is 1.09 bits per heavy atom. The molecule has 0 spiro atoms. The SMILES string of the molecule is C/C(=C\[C@@H](C)[C@H]1CCC2C3CC=C4C[C@@H](OS(=O)(=O)O)CC[C@]4(C)C3CC[C@@]21C)[C@H](C)C(C)C. The summed E-state index contributed by atoms with van der Waals surface area (Å²) in [7, 11) is -4.39. The lowest BCUT2D eigenvalue weighted by Gasteiger charge is -2.58. The van der Waals surface area contributed by atoms with Crippen LogP contribution in [0.2, 0.25) is 0 Å². The molecule has 0 bridgehead atoms. The van der Waals surface area contributed by atoms with Gasteiger partial charge in [-0.1, -0.05) is 64.8 Å². The molecule has 9 atom stereocenters. The highest BCUT2D eigenvalue weighted by Crippen LogP contribution is 2.67. The predicted octanol–water partition coefficient (Wildman–Crippen LogP) is 7.63. The molecule has 0 aromatic rings. The Balaban J connectivity index is 1.52. The van der Waals surface area contributed by atoms with Crippen LogP contribution in [0.5, 0.6) is 0 Å². The van der Waals surface area contributed by atoms with Crippen molar-refractivity contribution in [1.29, 1.82) is 0 Å². The first-order valence-corrected chi connectivity index (χ1v) is 15.2. The van der Waals surface area contributed by atoms with Crippen molar-refractivity contribution in [2.75, 3.05) is 0 Å². The van der Waals surface area contributed by atoms with Crippen LogP contribution < -0.4 is 0 Å². The summed E-state index contributed by atoms with van der Waals surface area (Å²) in [5.41, 5.74) is 3.51. The van der Waals surface area contributed by atoms with Gasteiger partial charge in [-0.2, -0.15) is 8.42 Å². The Hall–Kier alpha value is -0.650. The molecular formula is C29H48O4S. The quantitative estimate of drug-likeness (QED) is 0.306. The lowest BCUT2D eigenvalue weighted by Crippen LogP contribution is -2.51. The van der Waals surface area contributed by atoms with Gasteiger partial charge in [0.15, 0.2) is 0 Å². The molecule has 0 aliphatic heterocycles. The Morgan fingerprint density at radius 2 is 1.79 bits per heavy atom. The van der Waals surface area contributed by atoms with Crippen molar-refractivity contribution in [3.8, 4) is 0 Å². The van der Waals surface area contributed by atoms with E-state index in [-0.39, 0.29) is 5.41 Å². The maximum absolute atomic E-state index is 11.3. The molecule has 3 unspecified atom stereocenters. The predicted molar refractivity (Wildman–Crippen MR) is 139 cm³/mol. The van der Waals surface area contributed by atoms with Crippen molar-refractivity contribution < 1.29 is 17.2 Å². The maximum Gasteiger partial charge on any atom is 0.397 e. The third kappa shape index (κ3) is 4.70. The number of hydrogen-bond acceptors (Lipinski definition) is 3. The van der Waals surface area contributed by atoms with Crippen LogP contribution in [0.4, 0.5) is 0 Å². The third-order valence-electron chi connectivity index (χ3n) is 11.3. The molecule has 3 fully saturated rings. The lowest BCUT2D eigenvalue weighted by molar-refractivity contribution is -0.0527. The second kappa shape index (κ2) is 9.34. The number of fused-ring (bicyclic) bond motifs is 5. The van der Waals surface area contributed by atoms with Gasteiger partial charge in [-0.25, -0.2) is 4.18 Å². The first kappa shape index (κ1) is 26.4.